The standard InChI is InChI=1S/C19H20N4O5S2/c1-11-6-16(23-28-11)21-17(24)9-29-10-18(25)22-19-20-14(8-30-19)13-7-12(26-2)4-5-15(13)27-3/h4-8H,9-10H2,1-3H3,(H,20,22,25)(H,21,23,24). The summed E-state index contributed by atoms with van der Waals surface area (Å²) in [6, 6.07) is 7.04. The number of methoxy groups -OCH3 is 2. The molecule has 2 N–H and O–H groups in total. The fourth-order valence-corrected chi connectivity index (χ4v) is 3.81. The van der Waals surface area contributed by atoms with Crippen LogP contribution in [0.3, 0.4) is 0 Å². The SMILES string of the molecule is COc1ccc(OC)c(-c2csc(NC(=O)CSCC(=O)Nc3cc(C)on3)n2)c1. The van der Waals surface area contributed by atoms with Gasteiger partial charge in [-0.15, -0.1) is 23.1 Å². The molecule has 158 valence electrons. The van der Waals surface area contributed by atoms with E-state index in [-0.39, 0.29) is 23.3 Å². The topological polar surface area (TPSA) is 116 Å². The van der Waals surface area contributed by atoms with Gasteiger partial charge in [0.15, 0.2) is 10.9 Å². The second kappa shape index (κ2) is 10.1. The summed E-state index contributed by atoms with van der Waals surface area (Å²) in [7, 11) is 3.17. The summed E-state index contributed by atoms with van der Waals surface area (Å²) in [4.78, 5) is 28.5. The zero-order valence-corrected chi connectivity index (χ0v) is 18.2. The first-order valence-corrected chi connectivity index (χ1v) is 10.8. The predicted octanol–water partition coefficient (Wildman–Crippen LogP) is 3.43. The number of aromatic nitrogens is 2. The van der Waals surface area contributed by atoms with Crippen molar-refractivity contribution in [3.8, 4) is 22.8 Å². The van der Waals surface area contributed by atoms with E-state index in [1.54, 1.807) is 39.3 Å². The van der Waals surface area contributed by atoms with Gasteiger partial charge in [0, 0.05) is 17.0 Å². The average molecular weight is 449 g/mol. The van der Waals surface area contributed by atoms with Gasteiger partial charge in [-0.25, -0.2) is 4.98 Å². The molecule has 0 aliphatic heterocycles. The van der Waals surface area contributed by atoms with Crippen molar-refractivity contribution in [2.24, 2.45) is 0 Å². The quantitative estimate of drug-likeness (QED) is 0.511. The zero-order chi connectivity index (χ0) is 21.5. The molecule has 0 atom stereocenters. The van der Waals surface area contributed by atoms with Crippen molar-refractivity contribution in [3.63, 3.8) is 0 Å². The molecule has 0 spiro atoms. The number of thioether (sulfide) groups is 1. The molecule has 1 aromatic carbocycles. The molecule has 0 aliphatic rings. The van der Waals surface area contributed by atoms with Gasteiger partial charge in [-0.05, 0) is 25.1 Å². The van der Waals surface area contributed by atoms with E-state index in [9.17, 15) is 9.59 Å². The van der Waals surface area contributed by atoms with E-state index >= 15 is 0 Å². The molecule has 9 nitrogen and oxygen atoms in total. The maximum absolute atomic E-state index is 12.2. The van der Waals surface area contributed by atoms with E-state index in [1.807, 2.05) is 11.4 Å². The van der Waals surface area contributed by atoms with Crippen LogP contribution in [0.2, 0.25) is 0 Å². The third-order valence-electron chi connectivity index (χ3n) is 3.79. The summed E-state index contributed by atoms with van der Waals surface area (Å²) in [6.07, 6.45) is 0. The molecule has 0 fully saturated rings. The Hall–Kier alpha value is -3.05. The Morgan fingerprint density at radius 2 is 1.90 bits per heavy atom. The van der Waals surface area contributed by atoms with Gasteiger partial charge >= 0.3 is 0 Å². The number of benzene rings is 1. The first-order chi connectivity index (χ1) is 14.5. The van der Waals surface area contributed by atoms with Crippen LogP contribution >= 0.6 is 23.1 Å². The van der Waals surface area contributed by atoms with Gasteiger partial charge in [0.05, 0.1) is 31.4 Å². The number of hydrogen-bond acceptors (Lipinski definition) is 9. The maximum atomic E-state index is 12.2. The molecule has 2 heterocycles. The molecular weight excluding hydrogens is 428 g/mol. The molecule has 3 aromatic rings. The van der Waals surface area contributed by atoms with Gasteiger partial charge in [-0.3, -0.25) is 9.59 Å². The highest BCUT2D eigenvalue weighted by molar-refractivity contribution is 8.00. The Labute approximate surface area is 181 Å². The van der Waals surface area contributed by atoms with Crippen molar-refractivity contribution in [2.45, 2.75) is 6.92 Å². The normalized spacial score (nSPS) is 10.5. The molecule has 0 unspecified atom stereocenters. The van der Waals surface area contributed by atoms with E-state index in [2.05, 4.69) is 20.8 Å². The van der Waals surface area contributed by atoms with Gasteiger partial charge in [-0.1, -0.05) is 5.16 Å². The minimum Gasteiger partial charge on any atom is -0.497 e. The highest BCUT2D eigenvalue weighted by Gasteiger charge is 2.14. The molecule has 11 heteroatoms. The number of amides is 2. The van der Waals surface area contributed by atoms with Gasteiger partial charge in [0.1, 0.15) is 17.3 Å². The molecule has 0 saturated carbocycles. The van der Waals surface area contributed by atoms with E-state index in [0.717, 1.165) is 5.56 Å². The van der Waals surface area contributed by atoms with Crippen molar-refractivity contribution >= 4 is 45.9 Å². The smallest absolute Gasteiger partial charge is 0.236 e. The Kier molecular flexibility index (Phi) is 7.31. The Morgan fingerprint density at radius 3 is 2.57 bits per heavy atom. The summed E-state index contributed by atoms with van der Waals surface area (Å²) in [6.45, 7) is 1.73. The van der Waals surface area contributed by atoms with Crippen LogP contribution in [0.4, 0.5) is 10.9 Å². The fourth-order valence-electron chi connectivity index (χ4n) is 2.47. The molecule has 2 aromatic heterocycles. The van der Waals surface area contributed by atoms with Crippen molar-refractivity contribution in [1.82, 2.24) is 10.1 Å². The number of carbonyl (C=O) groups is 2. The van der Waals surface area contributed by atoms with E-state index < -0.39 is 0 Å². The van der Waals surface area contributed by atoms with Crippen LogP contribution in [0.5, 0.6) is 11.5 Å². The van der Waals surface area contributed by atoms with Crippen LogP contribution in [0, 0.1) is 6.92 Å². The van der Waals surface area contributed by atoms with Crippen LogP contribution in [0.25, 0.3) is 11.3 Å². The number of aryl methyl sites for hydroxylation is 1. The Morgan fingerprint density at radius 1 is 1.13 bits per heavy atom. The average Bonchev–Trinajstić information content (AvgIpc) is 3.36. The second-order valence-electron chi connectivity index (χ2n) is 6.02. The summed E-state index contributed by atoms with van der Waals surface area (Å²) in [5.41, 5.74) is 1.43. The highest BCUT2D eigenvalue weighted by atomic mass is 32.2. The third-order valence-corrected chi connectivity index (χ3v) is 5.49. The van der Waals surface area contributed by atoms with Crippen LogP contribution in [0.15, 0.2) is 34.2 Å². The zero-order valence-electron chi connectivity index (χ0n) is 16.6. The molecule has 3 rings (SSSR count). The fraction of sp³-hybridized carbons (Fsp3) is 0.263. The number of carbonyl (C=O) groups excluding carboxylic acids is 2. The predicted molar refractivity (Wildman–Crippen MR) is 116 cm³/mol. The van der Waals surface area contributed by atoms with Crippen LogP contribution in [-0.2, 0) is 9.59 Å². The molecule has 30 heavy (non-hydrogen) atoms. The second-order valence-corrected chi connectivity index (χ2v) is 7.86. The van der Waals surface area contributed by atoms with Crippen LogP contribution in [0.1, 0.15) is 5.76 Å². The lowest BCUT2D eigenvalue weighted by Crippen LogP contribution is -2.18. The Bertz CT molecular complexity index is 1030. The summed E-state index contributed by atoms with van der Waals surface area (Å²) < 4.78 is 15.5. The highest BCUT2D eigenvalue weighted by Crippen LogP contribution is 2.35. The van der Waals surface area contributed by atoms with Gasteiger partial charge in [0.25, 0.3) is 0 Å². The number of hydrogen-bond donors (Lipinski definition) is 2. The van der Waals surface area contributed by atoms with Gasteiger partial charge < -0.3 is 24.6 Å². The van der Waals surface area contributed by atoms with E-state index in [4.69, 9.17) is 14.0 Å². The van der Waals surface area contributed by atoms with Gasteiger partial charge in [-0.2, -0.15) is 0 Å². The van der Waals surface area contributed by atoms with E-state index in [0.29, 0.717) is 33.9 Å². The monoisotopic (exact) mass is 448 g/mol. The number of rotatable bonds is 9. The minimum absolute atomic E-state index is 0.114. The summed E-state index contributed by atoms with van der Waals surface area (Å²) >= 11 is 2.49. The van der Waals surface area contributed by atoms with Crippen molar-refractivity contribution in [3.05, 3.63) is 35.4 Å². The van der Waals surface area contributed by atoms with E-state index in [1.165, 1.54) is 23.1 Å². The number of ether oxygens (including phenoxy) is 2. The summed E-state index contributed by atoms with van der Waals surface area (Å²) in [5, 5.41) is 11.3. The van der Waals surface area contributed by atoms with Crippen molar-refractivity contribution < 1.29 is 23.6 Å². The number of nitrogens with zero attached hydrogens (tertiary/aromatic N) is 2. The third kappa shape index (κ3) is 5.74. The molecule has 0 saturated heterocycles. The van der Waals surface area contributed by atoms with Crippen molar-refractivity contribution in [1.29, 1.82) is 0 Å². The minimum atomic E-state index is -0.261. The summed E-state index contributed by atoms with van der Waals surface area (Å²) in [5.74, 6) is 2.01. The number of nitrogens with one attached hydrogen (secondary N) is 2. The molecule has 2 amide bonds. The number of thiazole rings is 1. The molecule has 0 radical (unpaired) electrons. The molecule has 0 bridgehead atoms. The van der Waals surface area contributed by atoms with Gasteiger partial charge in [0.2, 0.25) is 11.8 Å². The van der Waals surface area contributed by atoms with Crippen LogP contribution in [-0.4, -0.2) is 47.7 Å². The Balaban J connectivity index is 1.51. The molecule has 0 aliphatic carbocycles. The number of anilines is 2. The first-order valence-electron chi connectivity index (χ1n) is 8.77. The molecular formula is C19H20N4O5S2. The van der Waals surface area contributed by atoms with Crippen LogP contribution < -0.4 is 20.1 Å². The lowest BCUT2D eigenvalue weighted by Gasteiger charge is -2.08. The maximum Gasteiger partial charge on any atom is 0.236 e. The first kappa shape index (κ1) is 21.7. The van der Waals surface area contributed by atoms with Crippen molar-refractivity contribution in [2.75, 3.05) is 36.4 Å². The lowest BCUT2D eigenvalue weighted by atomic mass is 10.1. The largest absolute Gasteiger partial charge is 0.497 e. The lowest BCUT2D eigenvalue weighted by molar-refractivity contribution is -0.114.